The van der Waals surface area contributed by atoms with Crippen LogP contribution in [0.25, 0.3) is 0 Å². The van der Waals surface area contributed by atoms with Gasteiger partial charge in [0.2, 0.25) is 11.8 Å². The number of hydrogen-bond acceptors (Lipinski definition) is 7. The fourth-order valence-corrected chi connectivity index (χ4v) is 2.09. The lowest BCUT2D eigenvalue weighted by atomic mass is 10.1. The largest absolute Gasteiger partial charge is 0.481 e. The van der Waals surface area contributed by atoms with Gasteiger partial charge in [-0.3, -0.25) is 14.4 Å². The number of carbonyl (C=O) groups excluding carboxylic acids is 2. The molecule has 0 aliphatic rings. The van der Waals surface area contributed by atoms with Crippen LogP contribution in [0.1, 0.15) is 32.1 Å². The second-order valence-corrected chi connectivity index (χ2v) is 5.83. The monoisotopic (exact) mass is 378 g/mol. The molecule has 0 aliphatic carbocycles. The average molecular weight is 378 g/mol. The lowest BCUT2D eigenvalue weighted by Crippen LogP contribution is -2.54. The van der Waals surface area contributed by atoms with Gasteiger partial charge in [0, 0.05) is 12.2 Å². The van der Waals surface area contributed by atoms with Gasteiger partial charge >= 0.3 is 11.9 Å². The Kier molecular flexibility index (Phi) is 11.6. The molecule has 0 aliphatic heterocycles. The summed E-state index contributed by atoms with van der Waals surface area (Å²) in [5, 5.41) is 22.6. The van der Waals surface area contributed by atoms with Crippen LogP contribution in [0.2, 0.25) is 0 Å². The van der Waals surface area contributed by atoms with Gasteiger partial charge < -0.3 is 32.3 Å². The van der Waals surface area contributed by atoms with Crippen LogP contribution in [0.15, 0.2) is 0 Å². The summed E-state index contributed by atoms with van der Waals surface area (Å²) in [5.41, 5.74) is 10.9. The molecule has 0 spiro atoms. The molecule has 0 fully saturated rings. The lowest BCUT2D eigenvalue weighted by Gasteiger charge is -2.22. The summed E-state index contributed by atoms with van der Waals surface area (Å²) in [7, 11) is 0. The van der Waals surface area contributed by atoms with Gasteiger partial charge in [0.15, 0.2) is 0 Å². The van der Waals surface area contributed by atoms with Crippen molar-refractivity contribution in [3.8, 4) is 0 Å². The molecule has 0 saturated heterocycles. The zero-order valence-corrected chi connectivity index (χ0v) is 14.7. The van der Waals surface area contributed by atoms with Crippen LogP contribution < -0.4 is 22.1 Å². The fraction of sp³-hybridized carbons (Fsp3) is 0.714. The summed E-state index contributed by atoms with van der Waals surface area (Å²) in [6.45, 7) is 0.402. The molecule has 0 saturated carbocycles. The van der Waals surface area contributed by atoms with E-state index in [-0.39, 0.29) is 25.0 Å². The van der Waals surface area contributed by atoms with E-state index in [0.717, 1.165) is 0 Å². The summed E-state index contributed by atoms with van der Waals surface area (Å²) < 4.78 is 0. The predicted molar refractivity (Wildman–Crippen MR) is 93.1 cm³/mol. The minimum absolute atomic E-state index is 0.0376. The summed E-state index contributed by atoms with van der Waals surface area (Å²) in [5.74, 6) is -3.78. The number of thiol groups is 1. The Morgan fingerprint density at radius 1 is 0.960 bits per heavy atom. The van der Waals surface area contributed by atoms with Gasteiger partial charge in [-0.05, 0) is 32.2 Å². The van der Waals surface area contributed by atoms with Crippen molar-refractivity contribution in [2.45, 2.75) is 50.2 Å². The maximum Gasteiger partial charge on any atom is 0.326 e. The third-order valence-corrected chi connectivity index (χ3v) is 3.77. The number of hydrogen-bond donors (Lipinski definition) is 7. The van der Waals surface area contributed by atoms with E-state index in [1.807, 2.05) is 0 Å². The number of nitrogens with one attached hydrogen (secondary N) is 2. The molecule has 0 aromatic carbocycles. The Hall–Kier alpha value is -1.85. The van der Waals surface area contributed by atoms with Gasteiger partial charge in [-0.25, -0.2) is 4.79 Å². The van der Waals surface area contributed by atoms with Crippen molar-refractivity contribution in [1.82, 2.24) is 10.6 Å². The fourth-order valence-electron chi connectivity index (χ4n) is 1.92. The molecule has 0 unspecified atom stereocenters. The topological polar surface area (TPSA) is 185 Å². The average Bonchev–Trinajstić information content (AvgIpc) is 2.56. The minimum atomic E-state index is -1.22. The van der Waals surface area contributed by atoms with Crippen LogP contribution in [0.5, 0.6) is 0 Å². The van der Waals surface area contributed by atoms with Crippen LogP contribution in [-0.2, 0) is 19.2 Å². The SMILES string of the molecule is NCCCC[C@H](NC(=O)[C@H](CCC(=O)O)NC(=O)[C@@H](N)CS)C(=O)O. The van der Waals surface area contributed by atoms with Gasteiger partial charge in [0.05, 0.1) is 6.04 Å². The number of carboxylic acid groups (broad SMARTS) is 2. The molecule has 8 N–H and O–H groups in total. The maximum atomic E-state index is 12.3. The van der Waals surface area contributed by atoms with E-state index in [2.05, 4.69) is 23.3 Å². The maximum absolute atomic E-state index is 12.3. The highest BCUT2D eigenvalue weighted by atomic mass is 32.1. The van der Waals surface area contributed by atoms with Crippen LogP contribution in [-0.4, -0.2) is 64.4 Å². The third kappa shape index (κ3) is 9.89. The molecule has 0 heterocycles. The number of aliphatic carboxylic acids is 2. The number of amides is 2. The molecule has 10 nitrogen and oxygen atoms in total. The number of carbonyl (C=O) groups is 4. The molecule has 0 radical (unpaired) electrons. The number of unbranched alkanes of at least 4 members (excludes halogenated alkanes) is 1. The zero-order valence-electron chi connectivity index (χ0n) is 13.8. The second kappa shape index (κ2) is 12.5. The van der Waals surface area contributed by atoms with E-state index in [4.69, 9.17) is 16.6 Å². The summed E-state index contributed by atoms with van der Waals surface area (Å²) in [6, 6.07) is -3.32. The molecular weight excluding hydrogens is 352 g/mol. The first-order valence-electron chi connectivity index (χ1n) is 7.84. The highest BCUT2D eigenvalue weighted by molar-refractivity contribution is 7.80. The number of carboxylic acids is 2. The van der Waals surface area contributed by atoms with Crippen molar-refractivity contribution in [3.63, 3.8) is 0 Å². The first kappa shape index (κ1) is 23.1. The van der Waals surface area contributed by atoms with Crippen LogP contribution in [0, 0.1) is 0 Å². The molecular formula is C14H26N4O6S. The predicted octanol–water partition coefficient (Wildman–Crippen LogP) is -1.71. The summed E-state index contributed by atoms with van der Waals surface area (Å²) >= 11 is 3.88. The molecule has 144 valence electrons. The molecule has 0 aromatic rings. The Morgan fingerprint density at radius 3 is 2.04 bits per heavy atom. The second-order valence-electron chi connectivity index (χ2n) is 5.47. The van der Waals surface area contributed by atoms with Crippen LogP contribution in [0.3, 0.4) is 0 Å². The van der Waals surface area contributed by atoms with E-state index < -0.39 is 41.9 Å². The van der Waals surface area contributed by atoms with E-state index in [9.17, 15) is 24.3 Å². The van der Waals surface area contributed by atoms with Crippen molar-refractivity contribution >= 4 is 36.4 Å². The smallest absolute Gasteiger partial charge is 0.326 e. The third-order valence-electron chi connectivity index (χ3n) is 3.37. The van der Waals surface area contributed by atoms with E-state index in [1.165, 1.54) is 0 Å². The van der Waals surface area contributed by atoms with Gasteiger partial charge in [0.25, 0.3) is 0 Å². The molecule has 0 rings (SSSR count). The lowest BCUT2D eigenvalue weighted by molar-refractivity contribution is -0.143. The van der Waals surface area contributed by atoms with Crippen LogP contribution in [0.4, 0.5) is 0 Å². The zero-order chi connectivity index (χ0) is 19.4. The van der Waals surface area contributed by atoms with Crippen molar-refractivity contribution in [2.24, 2.45) is 11.5 Å². The molecule has 25 heavy (non-hydrogen) atoms. The van der Waals surface area contributed by atoms with Crippen molar-refractivity contribution in [2.75, 3.05) is 12.3 Å². The van der Waals surface area contributed by atoms with Gasteiger partial charge in [-0.1, -0.05) is 0 Å². The van der Waals surface area contributed by atoms with Crippen molar-refractivity contribution in [3.05, 3.63) is 0 Å². The van der Waals surface area contributed by atoms with E-state index >= 15 is 0 Å². The Balaban J connectivity index is 4.94. The Morgan fingerprint density at radius 2 is 1.56 bits per heavy atom. The molecule has 2 amide bonds. The van der Waals surface area contributed by atoms with Gasteiger partial charge in [-0.15, -0.1) is 0 Å². The molecule has 0 bridgehead atoms. The summed E-state index contributed by atoms with van der Waals surface area (Å²) in [4.78, 5) is 46.1. The van der Waals surface area contributed by atoms with Crippen molar-refractivity contribution < 1.29 is 29.4 Å². The van der Waals surface area contributed by atoms with Crippen LogP contribution >= 0.6 is 12.6 Å². The quantitative estimate of drug-likeness (QED) is 0.146. The molecule has 3 atom stereocenters. The van der Waals surface area contributed by atoms with E-state index in [1.54, 1.807) is 0 Å². The number of nitrogens with two attached hydrogens (primary N) is 2. The standard InChI is InChI=1S/C14H26N4O6S/c15-6-2-1-3-10(14(23)24)18-13(22)9(4-5-11(19)20)17-12(21)8(16)7-25/h8-10,25H,1-7,15-16H2,(H,17,21)(H,18,22)(H,19,20)(H,23,24)/t8-,9-,10-/m0/s1. The normalized spacial score (nSPS) is 14.2. The first-order chi connectivity index (χ1) is 11.7. The molecule has 0 aromatic heterocycles. The van der Waals surface area contributed by atoms with Crippen molar-refractivity contribution in [1.29, 1.82) is 0 Å². The summed E-state index contributed by atoms with van der Waals surface area (Å²) in [6.07, 6.45) is 0.717. The minimum Gasteiger partial charge on any atom is -0.481 e. The highest BCUT2D eigenvalue weighted by Crippen LogP contribution is 2.04. The first-order valence-corrected chi connectivity index (χ1v) is 8.48. The Labute approximate surface area is 151 Å². The van der Waals surface area contributed by atoms with Gasteiger partial charge in [-0.2, -0.15) is 12.6 Å². The Bertz CT molecular complexity index is 476. The molecule has 11 heteroatoms. The van der Waals surface area contributed by atoms with E-state index in [0.29, 0.717) is 19.4 Å². The number of rotatable bonds is 13. The highest BCUT2D eigenvalue weighted by Gasteiger charge is 2.27. The van der Waals surface area contributed by atoms with Gasteiger partial charge in [0.1, 0.15) is 12.1 Å².